The zero-order valence-corrected chi connectivity index (χ0v) is 15.8. The summed E-state index contributed by atoms with van der Waals surface area (Å²) in [5.74, 6) is 1.37. The number of carbonyl (C=O) groups excluding carboxylic acids is 1. The summed E-state index contributed by atoms with van der Waals surface area (Å²) in [6.07, 6.45) is 0.752. The molecule has 0 aliphatic rings. The summed E-state index contributed by atoms with van der Waals surface area (Å²) in [5.41, 5.74) is 0.511. The largest absolute Gasteiger partial charge is 0.497 e. The molecule has 0 fully saturated rings. The number of carbonyl (C=O) groups is 1. The fourth-order valence-electron chi connectivity index (χ4n) is 2.12. The highest BCUT2D eigenvalue weighted by atomic mass is 35.5. The maximum Gasteiger partial charge on any atom is 0.227 e. The van der Waals surface area contributed by atoms with E-state index in [1.54, 1.807) is 27.3 Å². The Morgan fingerprint density at radius 2 is 2.04 bits per heavy atom. The van der Waals surface area contributed by atoms with E-state index in [1.165, 1.54) is 0 Å². The molecule has 0 saturated carbocycles. The topological polar surface area (TPSA) is 74.8 Å². The van der Waals surface area contributed by atoms with E-state index in [-0.39, 0.29) is 5.91 Å². The SMILES string of the molecule is CN=C(NCCc1ccc(OC)cc1Cl)NCC(C)(C)C(=O)NC. The predicted molar refractivity (Wildman–Crippen MR) is 98.9 cm³/mol. The van der Waals surface area contributed by atoms with Gasteiger partial charge in [-0.2, -0.15) is 0 Å². The van der Waals surface area contributed by atoms with Crippen LogP contribution in [-0.2, 0) is 11.2 Å². The normalized spacial score (nSPS) is 11.8. The molecular weight excluding hydrogens is 328 g/mol. The van der Waals surface area contributed by atoms with Gasteiger partial charge in [0.15, 0.2) is 5.96 Å². The summed E-state index contributed by atoms with van der Waals surface area (Å²) in [7, 11) is 4.95. The number of ether oxygens (including phenoxy) is 1. The molecule has 0 aromatic heterocycles. The number of nitrogens with one attached hydrogen (secondary N) is 3. The van der Waals surface area contributed by atoms with Crippen molar-refractivity contribution in [1.29, 1.82) is 0 Å². The smallest absolute Gasteiger partial charge is 0.227 e. The molecule has 0 spiro atoms. The Hall–Kier alpha value is -1.95. The molecule has 1 amide bonds. The van der Waals surface area contributed by atoms with Crippen molar-refractivity contribution in [2.75, 3.05) is 34.3 Å². The van der Waals surface area contributed by atoms with Crippen molar-refractivity contribution in [3.63, 3.8) is 0 Å². The quantitative estimate of drug-likeness (QED) is 0.516. The molecule has 7 heteroatoms. The van der Waals surface area contributed by atoms with Gasteiger partial charge in [0.25, 0.3) is 0 Å². The molecule has 0 atom stereocenters. The van der Waals surface area contributed by atoms with E-state index in [0.717, 1.165) is 17.7 Å². The minimum absolute atomic E-state index is 0.0181. The van der Waals surface area contributed by atoms with E-state index >= 15 is 0 Å². The highest BCUT2D eigenvalue weighted by Crippen LogP contribution is 2.22. The summed E-state index contributed by atoms with van der Waals surface area (Å²) < 4.78 is 5.14. The fourth-order valence-corrected chi connectivity index (χ4v) is 2.38. The Kier molecular flexibility index (Phi) is 7.85. The molecular formula is C17H27ClN4O2. The lowest BCUT2D eigenvalue weighted by atomic mass is 9.92. The van der Waals surface area contributed by atoms with Crippen molar-refractivity contribution < 1.29 is 9.53 Å². The molecule has 0 unspecified atom stereocenters. The first-order valence-corrected chi connectivity index (χ1v) is 8.21. The number of halogens is 1. The van der Waals surface area contributed by atoms with Crippen molar-refractivity contribution in [2.45, 2.75) is 20.3 Å². The van der Waals surface area contributed by atoms with Crippen LogP contribution in [0.1, 0.15) is 19.4 Å². The van der Waals surface area contributed by atoms with Crippen molar-refractivity contribution in [3.05, 3.63) is 28.8 Å². The Labute approximate surface area is 149 Å². The van der Waals surface area contributed by atoms with E-state index < -0.39 is 5.41 Å². The molecule has 1 aromatic carbocycles. The van der Waals surface area contributed by atoms with Gasteiger partial charge in [-0.15, -0.1) is 0 Å². The third kappa shape index (κ3) is 5.92. The van der Waals surface area contributed by atoms with Crippen LogP contribution in [0.15, 0.2) is 23.2 Å². The molecule has 134 valence electrons. The van der Waals surface area contributed by atoms with Crippen molar-refractivity contribution in [2.24, 2.45) is 10.4 Å². The lowest BCUT2D eigenvalue weighted by Gasteiger charge is -2.24. The Balaban J connectivity index is 2.49. The highest BCUT2D eigenvalue weighted by molar-refractivity contribution is 6.31. The highest BCUT2D eigenvalue weighted by Gasteiger charge is 2.26. The van der Waals surface area contributed by atoms with Gasteiger partial charge in [0.1, 0.15) is 5.75 Å². The maximum atomic E-state index is 11.8. The lowest BCUT2D eigenvalue weighted by Crippen LogP contribution is -2.47. The van der Waals surface area contributed by atoms with Crippen LogP contribution in [0.2, 0.25) is 5.02 Å². The molecule has 0 heterocycles. The molecule has 0 bridgehead atoms. The van der Waals surface area contributed by atoms with Crippen molar-refractivity contribution >= 4 is 23.5 Å². The van der Waals surface area contributed by atoms with E-state index in [9.17, 15) is 4.79 Å². The number of aliphatic imine (C=N–C) groups is 1. The Morgan fingerprint density at radius 1 is 1.33 bits per heavy atom. The molecule has 3 N–H and O–H groups in total. The number of methoxy groups -OCH3 is 1. The minimum Gasteiger partial charge on any atom is -0.497 e. The van der Waals surface area contributed by atoms with Crippen LogP contribution in [0.3, 0.4) is 0 Å². The lowest BCUT2D eigenvalue weighted by molar-refractivity contribution is -0.128. The van der Waals surface area contributed by atoms with Gasteiger partial charge in [0, 0.05) is 32.2 Å². The third-order valence-corrected chi connectivity index (χ3v) is 4.06. The van der Waals surface area contributed by atoms with Crippen LogP contribution in [0.5, 0.6) is 5.75 Å². The van der Waals surface area contributed by atoms with Crippen molar-refractivity contribution in [1.82, 2.24) is 16.0 Å². The van der Waals surface area contributed by atoms with Crippen LogP contribution in [-0.4, -0.2) is 46.2 Å². The first-order chi connectivity index (χ1) is 11.3. The molecule has 0 saturated heterocycles. The van der Waals surface area contributed by atoms with E-state index in [2.05, 4.69) is 20.9 Å². The number of rotatable bonds is 7. The first-order valence-electron chi connectivity index (χ1n) is 7.83. The van der Waals surface area contributed by atoms with Gasteiger partial charge in [-0.1, -0.05) is 17.7 Å². The first kappa shape index (κ1) is 20.1. The summed E-state index contributed by atoms with van der Waals surface area (Å²) in [6, 6.07) is 5.64. The fraction of sp³-hybridized carbons (Fsp3) is 0.529. The van der Waals surface area contributed by atoms with Gasteiger partial charge in [-0.25, -0.2) is 0 Å². The number of hydrogen-bond acceptors (Lipinski definition) is 3. The van der Waals surface area contributed by atoms with E-state index in [0.29, 0.717) is 24.1 Å². The number of guanidine groups is 1. The van der Waals surface area contributed by atoms with Gasteiger partial charge in [0.2, 0.25) is 5.91 Å². The number of benzene rings is 1. The molecule has 0 aliphatic carbocycles. The van der Waals surface area contributed by atoms with Crippen LogP contribution in [0.25, 0.3) is 0 Å². The maximum absolute atomic E-state index is 11.8. The second kappa shape index (κ2) is 9.37. The van der Waals surface area contributed by atoms with Crippen LogP contribution >= 0.6 is 11.6 Å². The summed E-state index contributed by atoms with van der Waals surface area (Å²) >= 11 is 6.23. The van der Waals surface area contributed by atoms with Gasteiger partial charge in [-0.3, -0.25) is 9.79 Å². The third-order valence-electron chi connectivity index (χ3n) is 3.71. The number of nitrogens with zero attached hydrogens (tertiary/aromatic N) is 1. The zero-order chi connectivity index (χ0) is 18.2. The van der Waals surface area contributed by atoms with Gasteiger partial charge in [-0.05, 0) is 38.0 Å². The van der Waals surface area contributed by atoms with E-state index in [1.807, 2.05) is 26.0 Å². The van der Waals surface area contributed by atoms with Gasteiger partial charge in [0.05, 0.1) is 12.5 Å². The van der Waals surface area contributed by atoms with Crippen LogP contribution < -0.4 is 20.7 Å². The predicted octanol–water partition coefficient (Wildman–Crippen LogP) is 1.83. The summed E-state index contributed by atoms with van der Waals surface area (Å²) in [6.45, 7) is 4.91. The molecule has 1 rings (SSSR count). The average molecular weight is 355 g/mol. The number of hydrogen-bond donors (Lipinski definition) is 3. The van der Waals surface area contributed by atoms with Crippen LogP contribution in [0, 0.1) is 5.41 Å². The molecule has 1 aromatic rings. The molecule has 6 nitrogen and oxygen atoms in total. The van der Waals surface area contributed by atoms with Gasteiger partial charge < -0.3 is 20.7 Å². The monoisotopic (exact) mass is 354 g/mol. The minimum atomic E-state index is -0.522. The second-order valence-corrected chi connectivity index (χ2v) is 6.43. The van der Waals surface area contributed by atoms with Crippen molar-refractivity contribution in [3.8, 4) is 5.75 Å². The Bertz CT molecular complexity index is 588. The van der Waals surface area contributed by atoms with Crippen LogP contribution in [0.4, 0.5) is 0 Å². The molecule has 0 radical (unpaired) electrons. The van der Waals surface area contributed by atoms with E-state index in [4.69, 9.17) is 16.3 Å². The molecule has 0 aliphatic heterocycles. The summed E-state index contributed by atoms with van der Waals surface area (Å²) in [4.78, 5) is 16.0. The summed E-state index contributed by atoms with van der Waals surface area (Å²) in [5, 5.41) is 9.73. The average Bonchev–Trinajstić information content (AvgIpc) is 2.58. The standard InChI is InChI=1S/C17H27ClN4O2/c1-17(2,15(23)19-3)11-22-16(20-4)21-9-8-12-6-7-13(24-5)10-14(12)18/h6-7,10H,8-9,11H2,1-5H3,(H,19,23)(H2,20,21,22). The molecule has 24 heavy (non-hydrogen) atoms. The number of amides is 1. The second-order valence-electron chi connectivity index (χ2n) is 6.02. The van der Waals surface area contributed by atoms with Gasteiger partial charge >= 0.3 is 0 Å². The Morgan fingerprint density at radius 3 is 2.58 bits per heavy atom. The zero-order valence-electron chi connectivity index (χ0n) is 15.0.